The van der Waals surface area contributed by atoms with Gasteiger partial charge in [-0.1, -0.05) is 6.92 Å². The number of benzene rings is 1. The van der Waals surface area contributed by atoms with Crippen LogP contribution in [-0.2, 0) is 23.9 Å². The molecule has 1 heterocycles. The number of Topliss-reactive ketones (excluding diaryl/α,β-unsaturated/α-hetero) is 1. The van der Waals surface area contributed by atoms with Gasteiger partial charge in [-0.3, -0.25) is 19.2 Å². The largest absolute Gasteiger partial charge is 0.496 e. The van der Waals surface area contributed by atoms with E-state index in [2.05, 4.69) is 4.98 Å². The lowest BCUT2D eigenvalue weighted by Crippen LogP contribution is -2.30. The second kappa shape index (κ2) is 12.5. The molecule has 204 valence electrons. The smallest absolute Gasteiger partial charge is 0.309 e. The molecule has 0 radical (unpaired) electrons. The molecular formula is C27H30FNO9. The van der Waals surface area contributed by atoms with E-state index >= 15 is 0 Å². The Bertz CT molecular complexity index is 1210. The van der Waals surface area contributed by atoms with Crippen LogP contribution in [0.3, 0.4) is 0 Å². The maximum atomic E-state index is 13.8. The number of hydrogen-bond donors (Lipinski definition) is 0. The minimum atomic E-state index is -1.07. The van der Waals surface area contributed by atoms with Gasteiger partial charge in [-0.25, -0.2) is 9.37 Å². The summed E-state index contributed by atoms with van der Waals surface area (Å²) in [6.45, 7) is 4.19. The number of nitrogens with zero attached hydrogens (tertiary/aromatic N) is 1. The number of carbonyl (C=O) groups excluding carboxylic acids is 4. The van der Waals surface area contributed by atoms with Gasteiger partial charge in [-0.2, -0.15) is 0 Å². The molecule has 0 N–H and O–H groups in total. The van der Waals surface area contributed by atoms with Crippen LogP contribution in [0.15, 0.2) is 30.5 Å². The Balaban J connectivity index is 1.76. The summed E-state index contributed by atoms with van der Waals surface area (Å²) in [7, 11) is 2.69. The van der Waals surface area contributed by atoms with Crippen LogP contribution in [0.4, 0.5) is 4.39 Å². The fourth-order valence-electron chi connectivity index (χ4n) is 3.72. The maximum Gasteiger partial charge on any atom is 0.309 e. The number of aromatic nitrogens is 1. The van der Waals surface area contributed by atoms with E-state index in [0.717, 1.165) is 6.07 Å². The highest BCUT2D eigenvalue weighted by atomic mass is 19.1. The van der Waals surface area contributed by atoms with E-state index in [-0.39, 0.29) is 35.3 Å². The first-order chi connectivity index (χ1) is 18.0. The van der Waals surface area contributed by atoms with Crippen molar-refractivity contribution < 1.29 is 47.3 Å². The zero-order chi connectivity index (χ0) is 28.0. The molecule has 11 heteroatoms. The van der Waals surface area contributed by atoms with Gasteiger partial charge in [0.25, 0.3) is 0 Å². The summed E-state index contributed by atoms with van der Waals surface area (Å²) in [4.78, 5) is 53.9. The SMILES string of the molecule is COc1cc(F)ccc1[C@@H](OC(=O)C1CC1)[C@H](C)OC(=O)[C@H](C)CC(=O)c1nccc(OC)c1OC(C)=O. The molecule has 0 bridgehead atoms. The number of ketones is 1. The van der Waals surface area contributed by atoms with Gasteiger partial charge in [0.05, 0.1) is 26.1 Å². The monoisotopic (exact) mass is 531 g/mol. The average Bonchev–Trinajstić information content (AvgIpc) is 3.72. The van der Waals surface area contributed by atoms with Crippen molar-refractivity contribution in [2.24, 2.45) is 11.8 Å². The molecule has 0 saturated heterocycles. The van der Waals surface area contributed by atoms with Gasteiger partial charge < -0.3 is 23.7 Å². The molecule has 0 aliphatic heterocycles. The summed E-state index contributed by atoms with van der Waals surface area (Å²) < 4.78 is 40.5. The first-order valence-electron chi connectivity index (χ1n) is 12.0. The highest BCUT2D eigenvalue weighted by Gasteiger charge is 2.37. The first kappa shape index (κ1) is 28.5. The lowest BCUT2D eigenvalue weighted by Gasteiger charge is -2.27. The van der Waals surface area contributed by atoms with E-state index < -0.39 is 47.6 Å². The van der Waals surface area contributed by atoms with Crippen molar-refractivity contribution >= 4 is 23.7 Å². The van der Waals surface area contributed by atoms with Gasteiger partial charge >= 0.3 is 17.9 Å². The van der Waals surface area contributed by atoms with Crippen LogP contribution >= 0.6 is 0 Å². The van der Waals surface area contributed by atoms with Gasteiger partial charge in [0.1, 0.15) is 17.7 Å². The van der Waals surface area contributed by atoms with Gasteiger partial charge in [0.15, 0.2) is 23.3 Å². The Morgan fingerprint density at radius 1 is 1.03 bits per heavy atom. The Hall–Kier alpha value is -4.02. The van der Waals surface area contributed by atoms with Crippen LogP contribution in [0.2, 0.25) is 0 Å². The molecule has 1 fully saturated rings. The van der Waals surface area contributed by atoms with E-state index in [4.69, 9.17) is 23.7 Å². The molecule has 1 aromatic heterocycles. The fourth-order valence-corrected chi connectivity index (χ4v) is 3.72. The van der Waals surface area contributed by atoms with Crippen molar-refractivity contribution in [3.63, 3.8) is 0 Å². The zero-order valence-electron chi connectivity index (χ0n) is 21.8. The minimum absolute atomic E-state index is 0.131. The second-order valence-electron chi connectivity index (χ2n) is 8.97. The van der Waals surface area contributed by atoms with Crippen molar-refractivity contribution in [3.8, 4) is 17.2 Å². The maximum absolute atomic E-state index is 13.8. The van der Waals surface area contributed by atoms with Crippen LogP contribution < -0.4 is 14.2 Å². The number of carbonyl (C=O) groups is 4. The van der Waals surface area contributed by atoms with Gasteiger partial charge in [0.2, 0.25) is 5.75 Å². The molecule has 1 aliphatic rings. The van der Waals surface area contributed by atoms with Crippen LogP contribution in [0, 0.1) is 17.7 Å². The molecule has 3 atom stereocenters. The molecule has 38 heavy (non-hydrogen) atoms. The molecule has 10 nitrogen and oxygen atoms in total. The minimum Gasteiger partial charge on any atom is -0.496 e. The Labute approximate surface area is 219 Å². The third kappa shape index (κ3) is 7.05. The Morgan fingerprint density at radius 3 is 2.32 bits per heavy atom. The summed E-state index contributed by atoms with van der Waals surface area (Å²) in [6.07, 6.45) is 0.348. The number of pyridine rings is 1. The molecular weight excluding hydrogens is 501 g/mol. The molecule has 3 rings (SSSR count). The standard InChI is InChI=1S/C27H30FNO9/c1-14(12-20(31)23-25(37-16(3)30)21(34-4)10-11-29-23)26(32)36-15(2)24(38-27(33)17-6-7-17)19-9-8-18(28)13-22(19)35-5/h8-11,13-15,17,24H,6-7,12H2,1-5H3/t14-,15+,24+/m1/s1. The van der Waals surface area contributed by atoms with Gasteiger partial charge in [0, 0.05) is 37.2 Å². The van der Waals surface area contributed by atoms with E-state index in [1.807, 2.05) is 0 Å². The molecule has 1 aromatic carbocycles. The molecule has 2 aromatic rings. The van der Waals surface area contributed by atoms with Crippen LogP contribution in [0.5, 0.6) is 17.2 Å². The third-order valence-corrected chi connectivity index (χ3v) is 5.88. The van der Waals surface area contributed by atoms with Crippen molar-refractivity contribution in [3.05, 3.63) is 47.5 Å². The van der Waals surface area contributed by atoms with E-state index in [9.17, 15) is 23.6 Å². The van der Waals surface area contributed by atoms with Crippen LogP contribution in [-0.4, -0.2) is 49.0 Å². The number of hydrogen-bond acceptors (Lipinski definition) is 10. The summed E-state index contributed by atoms with van der Waals surface area (Å²) >= 11 is 0. The number of methoxy groups -OCH3 is 2. The highest BCUT2D eigenvalue weighted by Crippen LogP contribution is 2.37. The lowest BCUT2D eigenvalue weighted by molar-refractivity contribution is -0.170. The van der Waals surface area contributed by atoms with E-state index in [1.165, 1.54) is 59.4 Å². The van der Waals surface area contributed by atoms with Crippen molar-refractivity contribution in [1.82, 2.24) is 4.98 Å². The molecule has 1 saturated carbocycles. The van der Waals surface area contributed by atoms with Crippen LogP contribution in [0.1, 0.15) is 62.2 Å². The Morgan fingerprint density at radius 2 is 1.71 bits per heavy atom. The van der Waals surface area contributed by atoms with Crippen molar-refractivity contribution in [2.45, 2.75) is 52.2 Å². The lowest BCUT2D eigenvalue weighted by atomic mass is 10.0. The van der Waals surface area contributed by atoms with Gasteiger partial charge in [-0.05, 0) is 31.9 Å². The topological polar surface area (TPSA) is 127 Å². The summed E-state index contributed by atoms with van der Waals surface area (Å²) in [5.74, 6) is -4.02. The highest BCUT2D eigenvalue weighted by molar-refractivity contribution is 6.00. The fraction of sp³-hybridized carbons (Fsp3) is 0.444. The van der Waals surface area contributed by atoms with Crippen molar-refractivity contribution in [1.29, 1.82) is 0 Å². The van der Waals surface area contributed by atoms with Crippen molar-refractivity contribution in [2.75, 3.05) is 14.2 Å². The average molecular weight is 532 g/mol. The molecule has 0 spiro atoms. The number of halogens is 1. The Kier molecular flexibility index (Phi) is 9.38. The normalized spacial score (nSPS) is 15.0. The first-order valence-corrected chi connectivity index (χ1v) is 12.0. The third-order valence-electron chi connectivity index (χ3n) is 5.88. The second-order valence-corrected chi connectivity index (χ2v) is 8.97. The predicted octanol–water partition coefficient (Wildman–Crippen LogP) is 4.00. The summed E-state index contributed by atoms with van der Waals surface area (Å²) in [5, 5.41) is 0. The van der Waals surface area contributed by atoms with Gasteiger partial charge in [-0.15, -0.1) is 0 Å². The number of ether oxygens (including phenoxy) is 5. The zero-order valence-corrected chi connectivity index (χ0v) is 21.8. The number of rotatable bonds is 12. The quantitative estimate of drug-likeness (QED) is 0.293. The van der Waals surface area contributed by atoms with Crippen LogP contribution in [0.25, 0.3) is 0 Å². The number of esters is 3. The molecule has 0 unspecified atom stereocenters. The predicted molar refractivity (Wildman–Crippen MR) is 130 cm³/mol. The summed E-state index contributed by atoms with van der Waals surface area (Å²) in [5.41, 5.74) is 0.165. The van der Waals surface area contributed by atoms with E-state index in [0.29, 0.717) is 18.4 Å². The molecule has 0 amide bonds. The van der Waals surface area contributed by atoms with E-state index in [1.54, 1.807) is 0 Å². The molecule has 1 aliphatic carbocycles. The summed E-state index contributed by atoms with van der Waals surface area (Å²) in [6, 6.07) is 5.17.